The number of imidazole rings is 1. The zero-order chi connectivity index (χ0) is 58.3. The topological polar surface area (TPSA) is 419 Å². The smallest absolute Gasteiger partial charge is 0.305 e. The van der Waals surface area contributed by atoms with E-state index in [0.717, 1.165) is 21.7 Å². The predicted octanol–water partition coefficient (Wildman–Crippen LogP) is 0.379. The predicted molar refractivity (Wildman–Crippen MR) is 300 cm³/mol. The fraction of sp³-hybridized carbons (Fsp3) is 0.436. The van der Waals surface area contributed by atoms with Crippen molar-refractivity contribution >= 4 is 80.9 Å². The molecule has 3 aromatic carbocycles. The number of aromatic nitrogens is 3. The zero-order valence-electron chi connectivity index (χ0n) is 45.2. The van der Waals surface area contributed by atoms with Crippen molar-refractivity contribution in [2.75, 3.05) is 13.1 Å². The van der Waals surface area contributed by atoms with Crippen LogP contribution in [0.25, 0.3) is 21.7 Å². The van der Waals surface area contributed by atoms with Gasteiger partial charge in [0.05, 0.1) is 12.7 Å². The second kappa shape index (κ2) is 30.9. The van der Waals surface area contributed by atoms with Crippen LogP contribution in [-0.2, 0) is 56.0 Å². The Labute approximate surface area is 462 Å². The van der Waals surface area contributed by atoms with Crippen molar-refractivity contribution in [3.63, 3.8) is 0 Å². The average molecular weight is 1110 g/mol. The van der Waals surface area contributed by atoms with E-state index in [-0.39, 0.29) is 51.0 Å². The number of guanidine groups is 1. The number of carboxylic acid groups (broad SMARTS) is 1. The number of unbranched alkanes of at least 4 members (excludes halogenated alkanes) is 2. The number of hydrogen-bond acceptors (Lipinski definition) is 12. The highest BCUT2D eigenvalue weighted by atomic mass is 16.4. The number of aromatic amines is 2. The van der Waals surface area contributed by atoms with Gasteiger partial charge in [0.2, 0.25) is 47.3 Å². The summed E-state index contributed by atoms with van der Waals surface area (Å²) in [6, 6.07) is 10.5. The molecule has 0 aliphatic rings. The van der Waals surface area contributed by atoms with Crippen molar-refractivity contribution in [1.29, 1.82) is 0 Å². The molecule has 0 fully saturated rings. The summed E-state index contributed by atoms with van der Waals surface area (Å²) in [4.78, 5) is 138. The summed E-state index contributed by atoms with van der Waals surface area (Å²) < 4.78 is 0. The minimum atomic E-state index is -1.73. The number of benzene rings is 3. The van der Waals surface area contributed by atoms with Crippen LogP contribution in [0.1, 0.15) is 101 Å². The highest BCUT2D eigenvalue weighted by Crippen LogP contribution is 2.26. The van der Waals surface area contributed by atoms with Gasteiger partial charge in [0, 0.05) is 61.2 Å². The number of carbonyl (C=O) groups is 9. The Balaban J connectivity index is 1.52. The summed E-state index contributed by atoms with van der Waals surface area (Å²) in [5.41, 5.74) is 25.0. The highest BCUT2D eigenvalue weighted by molar-refractivity contribution is 5.99. The Morgan fingerprint density at radius 2 is 1.23 bits per heavy atom. The van der Waals surface area contributed by atoms with Crippen molar-refractivity contribution in [1.82, 2.24) is 52.2 Å². The van der Waals surface area contributed by atoms with Gasteiger partial charge in [-0.15, -0.1) is 0 Å². The molecular weight excluding hydrogens is 1030 g/mol. The van der Waals surface area contributed by atoms with Crippen LogP contribution < -0.4 is 60.2 Å². The normalized spacial score (nSPS) is 14.2. The Morgan fingerprint density at radius 1 is 0.637 bits per heavy atom. The van der Waals surface area contributed by atoms with Gasteiger partial charge in [0.15, 0.2) is 5.96 Å². The van der Waals surface area contributed by atoms with Gasteiger partial charge >= 0.3 is 5.97 Å². The lowest BCUT2D eigenvalue weighted by atomic mass is 9.90. The first-order valence-corrected chi connectivity index (χ1v) is 26.6. The lowest BCUT2D eigenvalue weighted by Crippen LogP contribution is -2.61. The standard InChI is InChI=1S/C55H75N15O10/c1-4-5-16-41(64-32(3)71)49(75)69-45(27-46(72)73)52(78)68-44(26-37-29-60-30-63-37)53(79)70-47(31(2)34-21-20-33-13-6-7-14-35(33)24-34)54(80)66-42(19-12-23-61-55(58)59)50(76)67-43(25-36-28-62-39-17-9-8-15-38(36)39)51(77)65-40(48(57)74)18-10-11-22-56/h6-9,13-15,17,20-21,24,28-31,40-45,47,62H,4-5,10-12,16,18-19,22-23,25-27,56H2,1-3H3,(H2,57,74)(H,60,63)(H,64,71)(H,65,77)(H,66,80)(H,67,76)(H,68,78)(H,69,75)(H,70,79)(H,72,73)(H4,58,59,61)/t31-,40+,41+,42+,43+,44+,45+,47+/m1/s1. The molecule has 0 bridgehead atoms. The third-order valence-electron chi connectivity index (χ3n) is 13.5. The number of fused-ring (bicyclic) bond motifs is 2. The maximum absolute atomic E-state index is 15.1. The second-order valence-electron chi connectivity index (χ2n) is 19.7. The van der Waals surface area contributed by atoms with Crippen LogP contribution >= 0.6 is 0 Å². The van der Waals surface area contributed by atoms with Gasteiger partial charge < -0.3 is 75.2 Å². The van der Waals surface area contributed by atoms with Gasteiger partial charge in [-0.25, -0.2) is 4.98 Å². The molecule has 8 amide bonds. The first-order valence-electron chi connectivity index (χ1n) is 26.6. The molecule has 0 unspecified atom stereocenters. The van der Waals surface area contributed by atoms with E-state index < -0.39 is 108 Å². The summed E-state index contributed by atoms with van der Waals surface area (Å²) in [5.74, 6) is -9.10. The number of hydrogen-bond donors (Lipinski definition) is 14. The van der Waals surface area contributed by atoms with Gasteiger partial charge in [-0.2, -0.15) is 0 Å². The molecule has 5 rings (SSSR count). The van der Waals surface area contributed by atoms with Gasteiger partial charge in [-0.3, -0.25) is 48.1 Å². The fourth-order valence-corrected chi connectivity index (χ4v) is 9.12. The van der Waals surface area contributed by atoms with Crippen LogP contribution in [0.5, 0.6) is 0 Å². The monoisotopic (exact) mass is 1110 g/mol. The van der Waals surface area contributed by atoms with Gasteiger partial charge in [0.25, 0.3) is 0 Å². The first kappa shape index (κ1) is 62.0. The van der Waals surface area contributed by atoms with E-state index in [1.54, 1.807) is 19.2 Å². The van der Waals surface area contributed by atoms with E-state index in [1.807, 2.05) is 67.6 Å². The quantitative estimate of drug-likeness (QED) is 0.0154. The molecule has 0 spiro atoms. The summed E-state index contributed by atoms with van der Waals surface area (Å²) in [7, 11) is 0. The molecule has 8 atom stereocenters. The molecule has 2 aromatic heterocycles. The minimum absolute atomic E-state index is 0.0307. The largest absolute Gasteiger partial charge is 0.481 e. The molecule has 5 aromatic rings. The summed E-state index contributed by atoms with van der Waals surface area (Å²) in [5, 5.41) is 30.9. The van der Waals surface area contributed by atoms with Crippen LogP contribution in [-0.4, -0.2) is 135 Å². The molecule has 0 aliphatic heterocycles. The molecule has 0 aliphatic carbocycles. The van der Waals surface area contributed by atoms with E-state index in [4.69, 9.17) is 22.9 Å². The van der Waals surface area contributed by atoms with Crippen LogP contribution in [0.2, 0.25) is 0 Å². The number of amides is 8. The number of aliphatic imine (C=N–C) groups is 1. The molecule has 430 valence electrons. The van der Waals surface area contributed by atoms with Crippen LogP contribution in [0.15, 0.2) is 90.4 Å². The first-order chi connectivity index (χ1) is 38.3. The number of primary amides is 1. The lowest BCUT2D eigenvalue weighted by Gasteiger charge is -2.30. The van der Waals surface area contributed by atoms with Crippen molar-refractivity contribution in [3.8, 4) is 0 Å². The maximum atomic E-state index is 15.1. The number of nitrogens with one attached hydrogen (secondary N) is 9. The van der Waals surface area contributed by atoms with Crippen molar-refractivity contribution in [2.24, 2.45) is 27.9 Å². The maximum Gasteiger partial charge on any atom is 0.305 e. The average Bonchev–Trinajstić information content (AvgIpc) is 4.10. The molecule has 18 N–H and O–H groups in total. The van der Waals surface area contributed by atoms with Crippen LogP contribution in [0, 0.1) is 0 Å². The number of aliphatic carboxylic acids is 1. The fourth-order valence-electron chi connectivity index (χ4n) is 9.12. The van der Waals surface area contributed by atoms with Crippen molar-refractivity contribution in [3.05, 3.63) is 102 Å². The SMILES string of the molecule is CCCC[C@H](NC(C)=O)C(=O)N[C@@H](CC(=O)O)C(=O)N[C@@H](Cc1cnc[nH]1)C(=O)N[C@H](C(=O)N[C@@H](CCCN=C(N)N)C(=O)N[C@@H](Cc1c[nH]c2ccccc12)C(=O)N[C@@H](CCCCN)C(N)=O)[C@H](C)c1ccc2ccccc2c1. The van der Waals surface area contributed by atoms with Crippen LogP contribution in [0.3, 0.4) is 0 Å². The number of carboxylic acids is 1. The number of para-hydroxylation sites is 1. The van der Waals surface area contributed by atoms with E-state index >= 15 is 4.79 Å². The Morgan fingerprint density at radius 3 is 1.88 bits per heavy atom. The number of H-pyrrole nitrogens is 2. The molecule has 25 nitrogen and oxygen atoms in total. The Kier molecular flexibility index (Phi) is 23.9. The van der Waals surface area contributed by atoms with Crippen LogP contribution in [0.4, 0.5) is 0 Å². The van der Waals surface area contributed by atoms with Gasteiger partial charge in [-0.05, 0) is 73.0 Å². The molecule has 0 radical (unpaired) electrons. The Bertz CT molecular complexity index is 2960. The zero-order valence-corrected chi connectivity index (χ0v) is 45.2. The summed E-state index contributed by atoms with van der Waals surface area (Å²) >= 11 is 0. The minimum Gasteiger partial charge on any atom is -0.481 e. The summed E-state index contributed by atoms with van der Waals surface area (Å²) in [6.45, 7) is 5.15. The number of nitrogens with zero attached hydrogens (tertiary/aromatic N) is 2. The third-order valence-corrected chi connectivity index (χ3v) is 13.5. The number of carbonyl (C=O) groups excluding carboxylic acids is 8. The van der Waals surface area contributed by atoms with Crippen molar-refractivity contribution < 1.29 is 48.3 Å². The van der Waals surface area contributed by atoms with E-state index in [1.165, 1.54) is 19.4 Å². The number of nitrogens with two attached hydrogens (primary N) is 4. The molecule has 0 saturated carbocycles. The molecule has 80 heavy (non-hydrogen) atoms. The van der Waals surface area contributed by atoms with Gasteiger partial charge in [-0.1, -0.05) is 87.4 Å². The molecular formula is C55H75N15O10. The highest BCUT2D eigenvalue weighted by Gasteiger charge is 2.37. The molecule has 0 saturated heterocycles. The molecule has 25 heteroatoms. The van der Waals surface area contributed by atoms with E-state index in [2.05, 4.69) is 57.2 Å². The van der Waals surface area contributed by atoms with Crippen molar-refractivity contribution in [2.45, 2.75) is 140 Å². The van der Waals surface area contributed by atoms with Gasteiger partial charge in [0.1, 0.15) is 42.3 Å². The lowest BCUT2D eigenvalue weighted by molar-refractivity contribution is -0.141. The van der Waals surface area contributed by atoms with E-state index in [9.17, 15) is 43.5 Å². The third kappa shape index (κ3) is 18.9. The second-order valence-corrected chi connectivity index (χ2v) is 19.7. The summed E-state index contributed by atoms with van der Waals surface area (Å²) in [6.07, 6.45) is 5.82. The number of rotatable bonds is 33. The Hall–Kier alpha value is -8.87. The van der Waals surface area contributed by atoms with E-state index in [0.29, 0.717) is 49.0 Å². The molecule has 2 heterocycles.